The molecule has 10 heteroatoms. The van der Waals surface area contributed by atoms with Crippen LogP contribution in [-0.4, -0.2) is 73.5 Å². The van der Waals surface area contributed by atoms with Gasteiger partial charge in [-0.25, -0.2) is 8.42 Å². The van der Waals surface area contributed by atoms with Gasteiger partial charge < -0.3 is 14.2 Å². The normalized spacial score (nSPS) is 22.6. The van der Waals surface area contributed by atoms with Crippen molar-refractivity contribution >= 4 is 15.9 Å². The van der Waals surface area contributed by atoms with Crippen LogP contribution in [0.4, 0.5) is 0 Å². The summed E-state index contributed by atoms with van der Waals surface area (Å²) < 4.78 is 38.5. The van der Waals surface area contributed by atoms with Gasteiger partial charge >= 0.3 is 0 Å². The van der Waals surface area contributed by atoms with Crippen molar-refractivity contribution < 1.29 is 22.5 Å². The van der Waals surface area contributed by atoms with Crippen molar-refractivity contribution in [3.8, 4) is 0 Å². The molecule has 1 amide bonds. The monoisotopic (exact) mass is 428 g/mol. The first kappa shape index (κ1) is 22.2. The predicted octanol–water partition coefficient (Wildman–Crippen LogP) is 1.24. The van der Waals surface area contributed by atoms with E-state index in [9.17, 15) is 13.2 Å². The van der Waals surface area contributed by atoms with Gasteiger partial charge in [0.1, 0.15) is 11.5 Å². The second-order valence-electron chi connectivity index (χ2n) is 7.87. The van der Waals surface area contributed by atoms with Gasteiger partial charge in [0.05, 0.1) is 31.6 Å². The fourth-order valence-corrected chi connectivity index (χ4v) is 5.21. The molecule has 1 aliphatic carbocycles. The summed E-state index contributed by atoms with van der Waals surface area (Å²) in [4.78, 5) is 16.4. The Kier molecular flexibility index (Phi) is 7.66. The van der Waals surface area contributed by atoms with E-state index in [1.54, 1.807) is 13.0 Å². The molecule has 0 aromatic carbocycles. The first-order valence-corrected chi connectivity index (χ1v) is 11.9. The molecule has 0 radical (unpaired) electrons. The van der Waals surface area contributed by atoms with Crippen LogP contribution >= 0.6 is 0 Å². The lowest BCUT2D eigenvalue weighted by Crippen LogP contribution is -2.46. The number of hydrogen-bond donors (Lipinski definition) is 1. The van der Waals surface area contributed by atoms with Gasteiger partial charge in [-0.3, -0.25) is 9.69 Å². The van der Waals surface area contributed by atoms with Crippen molar-refractivity contribution in [1.82, 2.24) is 19.7 Å². The Morgan fingerprint density at radius 3 is 2.79 bits per heavy atom. The molecule has 0 spiro atoms. The molecule has 3 rings (SSSR count). The second kappa shape index (κ2) is 10.0. The number of amides is 1. The Labute approximate surface area is 172 Å². The van der Waals surface area contributed by atoms with Gasteiger partial charge in [0, 0.05) is 25.3 Å². The number of ether oxygens (including phenoxy) is 1. The summed E-state index contributed by atoms with van der Waals surface area (Å²) >= 11 is 0. The summed E-state index contributed by atoms with van der Waals surface area (Å²) in [7, 11) is -3.46. The Hall–Kier alpha value is -1.49. The highest BCUT2D eigenvalue weighted by Crippen LogP contribution is 2.23. The number of nitrogens with zero attached hydrogens (tertiary/aromatic N) is 3. The molecule has 0 bridgehead atoms. The Morgan fingerprint density at radius 2 is 2.14 bits per heavy atom. The van der Waals surface area contributed by atoms with Gasteiger partial charge in [-0.05, 0) is 26.7 Å². The molecule has 2 unspecified atom stereocenters. The highest BCUT2D eigenvalue weighted by atomic mass is 32.2. The van der Waals surface area contributed by atoms with E-state index < -0.39 is 10.0 Å². The molecule has 2 atom stereocenters. The van der Waals surface area contributed by atoms with Crippen molar-refractivity contribution in [3.63, 3.8) is 0 Å². The minimum absolute atomic E-state index is 0.0620. The maximum atomic E-state index is 12.9. The quantitative estimate of drug-likeness (QED) is 0.418. The van der Waals surface area contributed by atoms with Crippen molar-refractivity contribution in [3.05, 3.63) is 17.5 Å². The Balaban J connectivity index is 1.59. The van der Waals surface area contributed by atoms with E-state index in [1.807, 2.05) is 11.8 Å². The van der Waals surface area contributed by atoms with Crippen LogP contribution in [0.25, 0.3) is 0 Å². The standard InChI is InChI=1S/C19H32N4O5S/c1-3-27-13-17-11-22(17)12-19(24)23(10-16-9-15(2)28-21-16)14-20-29(25,26)18-7-5-4-6-8-18/h9,17-18,20H,3-8,10-14H2,1-2H3. The van der Waals surface area contributed by atoms with Gasteiger partial charge in [-0.15, -0.1) is 0 Å². The molecule has 9 nitrogen and oxygen atoms in total. The number of aryl methyl sites for hydroxylation is 1. The maximum absolute atomic E-state index is 12.9. The fraction of sp³-hybridized carbons (Fsp3) is 0.789. The van der Waals surface area contributed by atoms with Crippen LogP contribution in [0.5, 0.6) is 0 Å². The molecule has 2 fully saturated rings. The van der Waals surface area contributed by atoms with Crippen molar-refractivity contribution in [2.45, 2.75) is 63.8 Å². The van der Waals surface area contributed by atoms with Crippen LogP contribution in [0, 0.1) is 6.92 Å². The van der Waals surface area contributed by atoms with E-state index in [0.717, 1.165) is 25.8 Å². The van der Waals surface area contributed by atoms with Gasteiger partial charge in [-0.2, -0.15) is 4.72 Å². The van der Waals surface area contributed by atoms with E-state index in [2.05, 4.69) is 9.88 Å². The molecule has 2 heterocycles. The van der Waals surface area contributed by atoms with Crippen LogP contribution in [0.1, 0.15) is 50.5 Å². The number of carbonyl (C=O) groups is 1. The van der Waals surface area contributed by atoms with E-state index >= 15 is 0 Å². The van der Waals surface area contributed by atoms with E-state index in [-0.39, 0.29) is 37.0 Å². The van der Waals surface area contributed by atoms with Crippen LogP contribution in [0.15, 0.2) is 10.6 Å². The summed E-state index contributed by atoms with van der Waals surface area (Å²) in [6, 6.07) is 2.01. The number of aromatic nitrogens is 1. The lowest BCUT2D eigenvalue weighted by atomic mass is 10.0. The van der Waals surface area contributed by atoms with Crippen LogP contribution < -0.4 is 4.72 Å². The van der Waals surface area contributed by atoms with E-state index in [1.165, 1.54) is 4.90 Å². The van der Waals surface area contributed by atoms with Gasteiger partial charge in [0.15, 0.2) is 0 Å². The zero-order chi connectivity index (χ0) is 20.9. The number of carbonyl (C=O) groups excluding carboxylic acids is 1. The average molecular weight is 429 g/mol. The molecule has 1 saturated carbocycles. The number of hydrogen-bond acceptors (Lipinski definition) is 7. The van der Waals surface area contributed by atoms with Crippen molar-refractivity contribution in [2.75, 3.05) is 33.0 Å². The van der Waals surface area contributed by atoms with E-state index in [0.29, 0.717) is 37.5 Å². The number of nitrogens with one attached hydrogen (secondary N) is 1. The molecule has 1 N–H and O–H groups in total. The Morgan fingerprint density at radius 1 is 1.38 bits per heavy atom. The third-order valence-corrected chi connectivity index (χ3v) is 7.39. The lowest BCUT2D eigenvalue weighted by Gasteiger charge is -2.26. The molecule has 29 heavy (non-hydrogen) atoms. The first-order chi connectivity index (χ1) is 13.9. The molecule has 164 valence electrons. The maximum Gasteiger partial charge on any atom is 0.238 e. The van der Waals surface area contributed by atoms with Gasteiger partial charge in [-0.1, -0.05) is 24.4 Å². The number of rotatable bonds is 11. The summed E-state index contributed by atoms with van der Waals surface area (Å²) in [5.74, 6) is 0.508. The second-order valence-corrected chi connectivity index (χ2v) is 9.92. The highest BCUT2D eigenvalue weighted by molar-refractivity contribution is 7.90. The Bertz CT molecular complexity index is 775. The lowest BCUT2D eigenvalue weighted by molar-refractivity contribution is -0.132. The largest absolute Gasteiger partial charge is 0.380 e. The topological polar surface area (TPSA) is 105 Å². The highest BCUT2D eigenvalue weighted by Gasteiger charge is 2.36. The molecule has 1 aromatic rings. The van der Waals surface area contributed by atoms with Crippen molar-refractivity contribution in [2.24, 2.45) is 0 Å². The SMILES string of the molecule is CCOCC1CN1CC(=O)N(CNS(=O)(=O)C1CCCCC1)Cc1cc(C)on1. The third kappa shape index (κ3) is 6.50. The molecule has 1 aromatic heterocycles. The minimum Gasteiger partial charge on any atom is -0.380 e. The summed E-state index contributed by atoms with van der Waals surface area (Å²) in [5.41, 5.74) is 0.601. The molecule has 1 aliphatic heterocycles. The molecular formula is C19H32N4O5S. The van der Waals surface area contributed by atoms with Crippen LogP contribution in [0.2, 0.25) is 0 Å². The molecular weight excluding hydrogens is 396 g/mol. The third-order valence-electron chi connectivity index (χ3n) is 5.51. The summed E-state index contributed by atoms with van der Waals surface area (Å²) in [5, 5.41) is 3.57. The zero-order valence-electron chi connectivity index (χ0n) is 17.3. The summed E-state index contributed by atoms with van der Waals surface area (Å²) in [6.45, 7) is 6.18. The number of sulfonamides is 1. The molecule has 1 saturated heterocycles. The molecule has 2 aliphatic rings. The fourth-order valence-electron chi connectivity index (χ4n) is 3.68. The van der Waals surface area contributed by atoms with Crippen LogP contribution in [-0.2, 0) is 26.1 Å². The predicted molar refractivity (Wildman–Crippen MR) is 107 cm³/mol. The van der Waals surface area contributed by atoms with Crippen LogP contribution in [0.3, 0.4) is 0 Å². The van der Waals surface area contributed by atoms with E-state index in [4.69, 9.17) is 9.26 Å². The van der Waals surface area contributed by atoms with Gasteiger partial charge in [0.25, 0.3) is 0 Å². The van der Waals surface area contributed by atoms with Gasteiger partial charge in [0.2, 0.25) is 15.9 Å². The minimum atomic E-state index is -3.46. The van der Waals surface area contributed by atoms with Crippen molar-refractivity contribution in [1.29, 1.82) is 0 Å². The summed E-state index contributed by atoms with van der Waals surface area (Å²) in [6.07, 6.45) is 4.31. The first-order valence-electron chi connectivity index (χ1n) is 10.4. The smallest absolute Gasteiger partial charge is 0.238 e. The average Bonchev–Trinajstić information content (AvgIpc) is 3.31. The zero-order valence-corrected chi connectivity index (χ0v) is 18.1.